The van der Waals surface area contributed by atoms with Crippen molar-refractivity contribution in [2.75, 3.05) is 14.2 Å². The first-order chi connectivity index (χ1) is 14.6. The number of methoxy groups -OCH3 is 2. The Morgan fingerprint density at radius 1 is 0.967 bits per heavy atom. The monoisotopic (exact) mass is 479 g/mol. The number of para-hydroxylation sites is 1. The van der Waals surface area contributed by atoms with E-state index in [9.17, 15) is 4.79 Å². The lowest BCUT2D eigenvalue weighted by Gasteiger charge is -2.11. The van der Waals surface area contributed by atoms with Gasteiger partial charge in [-0.3, -0.25) is 4.79 Å². The van der Waals surface area contributed by atoms with Gasteiger partial charge in [-0.2, -0.15) is 0 Å². The number of ketones is 1. The summed E-state index contributed by atoms with van der Waals surface area (Å²) in [4.78, 5) is 18.2. The third-order valence-electron chi connectivity index (χ3n) is 4.61. The van der Waals surface area contributed by atoms with Crippen molar-refractivity contribution in [2.24, 2.45) is 0 Å². The topological polar surface area (TPSA) is 48.4 Å². The maximum absolute atomic E-state index is 13.4. The first-order valence-electron chi connectivity index (χ1n) is 9.19. The van der Waals surface area contributed by atoms with Gasteiger partial charge < -0.3 is 9.47 Å². The number of carbonyl (C=O) groups is 1. The van der Waals surface area contributed by atoms with Crippen molar-refractivity contribution in [3.8, 4) is 11.5 Å². The van der Waals surface area contributed by atoms with Crippen molar-refractivity contribution in [3.05, 3.63) is 87.3 Å². The molecule has 0 atom stereocenters. The Kier molecular flexibility index (Phi) is 5.97. The van der Waals surface area contributed by atoms with Gasteiger partial charge >= 0.3 is 0 Å². The molecule has 4 nitrogen and oxygen atoms in total. The molecule has 4 aromatic rings. The molecule has 0 amide bonds. The number of fused-ring (bicyclic) bond motifs is 1. The van der Waals surface area contributed by atoms with Crippen LogP contribution in [-0.2, 0) is 0 Å². The van der Waals surface area contributed by atoms with E-state index in [1.165, 1.54) is 11.3 Å². The summed E-state index contributed by atoms with van der Waals surface area (Å²) >= 11 is 5.08. The van der Waals surface area contributed by atoms with Crippen LogP contribution >= 0.6 is 27.3 Å². The Morgan fingerprint density at radius 3 is 2.33 bits per heavy atom. The zero-order chi connectivity index (χ0) is 21.1. The Morgan fingerprint density at radius 2 is 1.63 bits per heavy atom. The number of ether oxygens (including phenoxy) is 2. The normalized spacial score (nSPS) is 11.5. The maximum Gasteiger partial charge on any atom is 0.196 e. The molecule has 0 saturated carbocycles. The number of thiazole rings is 1. The van der Waals surface area contributed by atoms with E-state index in [0.717, 1.165) is 20.3 Å². The fourth-order valence-electron chi connectivity index (χ4n) is 3.09. The van der Waals surface area contributed by atoms with Crippen LogP contribution in [-0.4, -0.2) is 25.0 Å². The van der Waals surface area contributed by atoms with Crippen LogP contribution in [0.2, 0.25) is 0 Å². The highest BCUT2D eigenvalue weighted by Crippen LogP contribution is 2.37. The standard InChI is InChI=1S/C24H18BrNO3S/c1-28-20-13-16(18(25)14-21(20)29-2)12-17(23(27)15-8-4-3-5-9-15)24-26-19-10-6-7-11-22(19)30-24/h3-14H,1-2H3/b17-12+. The molecule has 0 aliphatic rings. The molecule has 0 fully saturated rings. The van der Waals surface area contributed by atoms with Gasteiger partial charge in [0.25, 0.3) is 0 Å². The van der Waals surface area contributed by atoms with Crippen molar-refractivity contribution >= 4 is 54.9 Å². The molecular formula is C24H18BrNO3S. The highest BCUT2D eigenvalue weighted by molar-refractivity contribution is 9.10. The molecule has 6 heteroatoms. The number of hydrogen-bond donors (Lipinski definition) is 0. The Bertz CT molecular complexity index is 1220. The average Bonchev–Trinajstić information content (AvgIpc) is 3.22. The second kappa shape index (κ2) is 8.81. The molecule has 3 aromatic carbocycles. The molecule has 1 aromatic heterocycles. The highest BCUT2D eigenvalue weighted by Gasteiger charge is 2.19. The third-order valence-corrected chi connectivity index (χ3v) is 6.36. The van der Waals surface area contributed by atoms with Crippen molar-refractivity contribution < 1.29 is 14.3 Å². The number of hydrogen-bond acceptors (Lipinski definition) is 5. The molecule has 0 N–H and O–H groups in total. The van der Waals surface area contributed by atoms with Crippen LogP contribution in [0.15, 0.2) is 71.2 Å². The number of Topliss-reactive ketones (excluding diaryl/α,β-unsaturated/α-hetero) is 1. The Hall–Kier alpha value is -2.96. The number of allylic oxidation sites excluding steroid dienone is 1. The van der Waals surface area contributed by atoms with Gasteiger partial charge in [0.2, 0.25) is 0 Å². The van der Waals surface area contributed by atoms with E-state index < -0.39 is 0 Å². The van der Waals surface area contributed by atoms with E-state index in [1.807, 2.05) is 72.8 Å². The van der Waals surface area contributed by atoms with Crippen LogP contribution in [0.5, 0.6) is 11.5 Å². The van der Waals surface area contributed by atoms with Crippen LogP contribution in [0.4, 0.5) is 0 Å². The highest BCUT2D eigenvalue weighted by atomic mass is 79.9. The first-order valence-corrected chi connectivity index (χ1v) is 10.8. The molecule has 1 heterocycles. The van der Waals surface area contributed by atoms with E-state index >= 15 is 0 Å². The number of benzene rings is 3. The third kappa shape index (κ3) is 4.01. The molecule has 150 valence electrons. The molecule has 4 rings (SSSR count). The van der Waals surface area contributed by atoms with Crippen LogP contribution < -0.4 is 9.47 Å². The van der Waals surface area contributed by atoms with Crippen molar-refractivity contribution in [2.45, 2.75) is 0 Å². The minimum Gasteiger partial charge on any atom is -0.493 e. The van der Waals surface area contributed by atoms with Gasteiger partial charge in [-0.1, -0.05) is 58.4 Å². The minimum atomic E-state index is -0.0867. The summed E-state index contributed by atoms with van der Waals surface area (Å²) in [5.74, 6) is 1.11. The van der Waals surface area contributed by atoms with Crippen molar-refractivity contribution in [1.29, 1.82) is 0 Å². The molecule has 0 bridgehead atoms. The summed E-state index contributed by atoms with van der Waals surface area (Å²) in [5, 5.41) is 0.673. The molecule has 0 saturated heterocycles. The smallest absolute Gasteiger partial charge is 0.196 e. The Labute approximate surface area is 186 Å². The summed E-state index contributed by atoms with van der Waals surface area (Å²) in [6.45, 7) is 0. The van der Waals surface area contributed by atoms with E-state index in [0.29, 0.717) is 27.6 Å². The molecule has 30 heavy (non-hydrogen) atoms. The number of halogens is 1. The van der Waals surface area contributed by atoms with Gasteiger partial charge in [-0.15, -0.1) is 11.3 Å². The summed E-state index contributed by atoms with van der Waals surface area (Å²) in [5.41, 5.74) is 2.80. The van der Waals surface area contributed by atoms with E-state index in [-0.39, 0.29) is 5.78 Å². The lowest BCUT2D eigenvalue weighted by molar-refractivity contribution is 0.105. The fourth-order valence-corrected chi connectivity index (χ4v) is 4.51. The average molecular weight is 480 g/mol. The summed E-state index contributed by atoms with van der Waals surface area (Å²) < 4.78 is 12.6. The summed E-state index contributed by atoms with van der Waals surface area (Å²) in [7, 11) is 3.17. The van der Waals surface area contributed by atoms with Gasteiger partial charge in [0.15, 0.2) is 17.3 Å². The number of nitrogens with zero attached hydrogens (tertiary/aromatic N) is 1. The number of rotatable bonds is 6. The molecule has 0 aliphatic heterocycles. The second-order valence-electron chi connectivity index (χ2n) is 6.47. The lowest BCUT2D eigenvalue weighted by Crippen LogP contribution is -2.03. The van der Waals surface area contributed by atoms with Crippen molar-refractivity contribution in [1.82, 2.24) is 4.98 Å². The largest absolute Gasteiger partial charge is 0.493 e. The van der Waals surface area contributed by atoms with E-state index in [2.05, 4.69) is 15.9 Å². The molecular weight excluding hydrogens is 462 g/mol. The predicted molar refractivity (Wildman–Crippen MR) is 126 cm³/mol. The van der Waals surface area contributed by atoms with Gasteiger partial charge in [0, 0.05) is 10.0 Å². The summed E-state index contributed by atoms with van der Waals surface area (Å²) in [6.07, 6.45) is 1.85. The number of aromatic nitrogens is 1. The van der Waals surface area contributed by atoms with Crippen LogP contribution in [0.25, 0.3) is 21.9 Å². The predicted octanol–water partition coefficient (Wildman–Crippen LogP) is 6.50. The van der Waals surface area contributed by atoms with Gasteiger partial charge in [-0.05, 0) is 35.9 Å². The second-order valence-corrected chi connectivity index (χ2v) is 8.35. The van der Waals surface area contributed by atoms with E-state index in [1.54, 1.807) is 14.2 Å². The molecule has 0 radical (unpaired) electrons. The first kappa shape index (κ1) is 20.3. The van der Waals surface area contributed by atoms with Crippen LogP contribution in [0, 0.1) is 0 Å². The van der Waals surface area contributed by atoms with Gasteiger partial charge in [0.1, 0.15) is 5.01 Å². The maximum atomic E-state index is 13.4. The van der Waals surface area contributed by atoms with Gasteiger partial charge in [-0.25, -0.2) is 4.98 Å². The quantitative estimate of drug-likeness (QED) is 0.234. The zero-order valence-corrected chi connectivity index (χ0v) is 18.8. The zero-order valence-electron chi connectivity index (χ0n) is 16.4. The molecule has 0 unspecified atom stereocenters. The molecule has 0 aliphatic carbocycles. The van der Waals surface area contributed by atoms with Crippen molar-refractivity contribution in [3.63, 3.8) is 0 Å². The Balaban J connectivity index is 1.90. The van der Waals surface area contributed by atoms with Crippen LogP contribution in [0.1, 0.15) is 20.9 Å². The minimum absolute atomic E-state index is 0.0867. The number of carbonyl (C=O) groups excluding carboxylic acids is 1. The van der Waals surface area contributed by atoms with Crippen LogP contribution in [0.3, 0.4) is 0 Å². The van der Waals surface area contributed by atoms with Gasteiger partial charge in [0.05, 0.1) is 30.0 Å². The van der Waals surface area contributed by atoms with E-state index in [4.69, 9.17) is 14.5 Å². The fraction of sp³-hybridized carbons (Fsp3) is 0.0833. The SMILES string of the molecule is COc1cc(Br)c(/C=C(\C(=O)c2ccccc2)c2nc3ccccc3s2)cc1OC. The lowest BCUT2D eigenvalue weighted by atomic mass is 10.0. The summed E-state index contributed by atoms with van der Waals surface area (Å²) in [6, 6.07) is 20.8. The molecule has 0 spiro atoms.